The number of ether oxygens (including phenoxy) is 2. The summed E-state index contributed by atoms with van der Waals surface area (Å²) in [6, 6.07) is 43.9. The zero-order valence-electron chi connectivity index (χ0n) is 47.2. The molecule has 1 saturated heterocycles. The van der Waals surface area contributed by atoms with E-state index in [4.69, 9.17) is 55.0 Å². The Labute approximate surface area is 489 Å². The molecule has 0 spiro atoms. The van der Waals surface area contributed by atoms with E-state index in [-0.39, 0.29) is 51.6 Å². The fourth-order valence-electron chi connectivity index (χ4n) is 9.29. The van der Waals surface area contributed by atoms with Crippen LogP contribution in [-0.4, -0.2) is 71.6 Å². The second-order valence-electron chi connectivity index (χ2n) is 20.2. The number of nitrogens with zero attached hydrogens (tertiary/aromatic N) is 10. The maximum absolute atomic E-state index is 14.2. The normalized spacial score (nSPS) is 13.7. The molecule has 0 amide bonds. The topological polar surface area (TPSA) is 243 Å². The summed E-state index contributed by atoms with van der Waals surface area (Å²) in [4.78, 5) is 59.6. The lowest BCUT2D eigenvalue weighted by atomic mass is 9.84. The highest BCUT2D eigenvalue weighted by molar-refractivity contribution is 6.61. The first-order valence-corrected chi connectivity index (χ1v) is 26.8. The maximum atomic E-state index is 14.2. The van der Waals surface area contributed by atoms with Crippen molar-refractivity contribution in [1.29, 1.82) is 0 Å². The molecule has 22 heteroatoms. The molecular formula is C62H58BClN14O6. The summed E-state index contributed by atoms with van der Waals surface area (Å²) >= 11 is 6.35. The van der Waals surface area contributed by atoms with Gasteiger partial charge in [-0.05, 0) is 107 Å². The van der Waals surface area contributed by atoms with E-state index in [9.17, 15) is 9.59 Å². The number of methoxy groups -OCH3 is 2. The average Bonchev–Trinajstić information content (AvgIpc) is 2.37. The van der Waals surface area contributed by atoms with Crippen LogP contribution in [0.3, 0.4) is 0 Å². The van der Waals surface area contributed by atoms with Gasteiger partial charge in [0.2, 0.25) is 35.0 Å². The van der Waals surface area contributed by atoms with E-state index in [0.29, 0.717) is 73.2 Å². The van der Waals surface area contributed by atoms with Gasteiger partial charge in [-0.15, -0.1) is 0 Å². The zero-order chi connectivity index (χ0) is 59.9. The molecule has 10 aromatic rings. The van der Waals surface area contributed by atoms with Gasteiger partial charge in [-0.3, -0.25) is 18.7 Å². The lowest BCUT2D eigenvalue weighted by Gasteiger charge is -2.32. The number of aromatic nitrogens is 8. The second kappa shape index (κ2) is 24.9. The van der Waals surface area contributed by atoms with Crippen LogP contribution in [-0.2, 0) is 9.31 Å². The highest BCUT2D eigenvalue weighted by atomic mass is 35.5. The van der Waals surface area contributed by atoms with E-state index in [1.165, 1.54) is 12.4 Å². The van der Waals surface area contributed by atoms with Crippen molar-refractivity contribution >= 4 is 80.8 Å². The molecular weight excluding hydrogens is 1080 g/mol. The number of nitrogens with two attached hydrogens (primary N) is 2. The van der Waals surface area contributed by atoms with Crippen molar-refractivity contribution in [2.45, 2.75) is 64.8 Å². The maximum Gasteiger partial charge on any atom is 0.514 e. The predicted octanol–water partition coefficient (Wildman–Crippen LogP) is 11.3. The van der Waals surface area contributed by atoms with E-state index in [2.05, 4.69) is 50.2 Å². The van der Waals surface area contributed by atoms with Crippen LogP contribution in [0.5, 0.6) is 11.8 Å². The molecule has 1 aliphatic rings. The molecule has 1 aliphatic heterocycles. The van der Waals surface area contributed by atoms with Crippen molar-refractivity contribution in [3.05, 3.63) is 218 Å². The molecule has 6 N–H and O–H groups in total. The number of para-hydroxylation sites is 2. The number of pyridine rings is 4. The van der Waals surface area contributed by atoms with Crippen molar-refractivity contribution in [2.75, 3.05) is 36.3 Å². The van der Waals surface area contributed by atoms with Crippen LogP contribution >= 0.6 is 11.6 Å². The molecule has 6 aromatic heterocycles. The Morgan fingerprint density at radius 3 is 1.55 bits per heavy atom. The third kappa shape index (κ3) is 12.3. The number of hydrogen-bond donors (Lipinski definition) is 4. The average molecular weight is 1140 g/mol. The van der Waals surface area contributed by atoms with Gasteiger partial charge in [-0.1, -0.05) is 90.5 Å². The van der Waals surface area contributed by atoms with E-state index >= 15 is 0 Å². The summed E-state index contributed by atoms with van der Waals surface area (Å²) in [6.07, 6.45) is 2.75. The third-order valence-corrected chi connectivity index (χ3v) is 14.5. The Balaban J connectivity index is 0.000000161. The summed E-state index contributed by atoms with van der Waals surface area (Å²) in [7, 11) is 2.72. The minimum absolute atomic E-state index is 0.0523. The largest absolute Gasteiger partial charge is 0.514 e. The van der Waals surface area contributed by atoms with E-state index < -0.39 is 13.2 Å². The van der Waals surface area contributed by atoms with Gasteiger partial charge in [0.1, 0.15) is 11.6 Å². The van der Waals surface area contributed by atoms with Crippen molar-refractivity contribution in [3.8, 4) is 34.4 Å². The molecule has 2 atom stereocenters. The molecule has 20 nitrogen and oxygen atoms in total. The molecule has 0 radical (unpaired) electrons. The van der Waals surface area contributed by atoms with Crippen LogP contribution in [0, 0.1) is 13.1 Å². The molecule has 84 heavy (non-hydrogen) atoms. The zero-order valence-corrected chi connectivity index (χ0v) is 48.0. The van der Waals surface area contributed by atoms with Crippen LogP contribution in [0.15, 0.2) is 168 Å². The highest BCUT2D eigenvalue weighted by Crippen LogP contribution is 2.37. The minimum atomic E-state index is -0.435. The number of nitrogen functional groups attached to an aromatic ring is 2. The Kier molecular flexibility index (Phi) is 17.3. The first-order valence-electron chi connectivity index (χ1n) is 26.4. The molecule has 0 unspecified atom stereocenters. The third-order valence-electron chi connectivity index (χ3n) is 14.2. The smallest absolute Gasteiger partial charge is 0.481 e. The van der Waals surface area contributed by atoms with E-state index in [1.807, 2.05) is 163 Å². The number of benzene rings is 4. The number of anilines is 4. The summed E-state index contributed by atoms with van der Waals surface area (Å²) in [5.74, 6) is 1.75. The molecule has 0 aliphatic carbocycles. The van der Waals surface area contributed by atoms with E-state index in [1.54, 1.807) is 47.6 Å². The lowest BCUT2D eigenvalue weighted by molar-refractivity contribution is 0.00578. The van der Waals surface area contributed by atoms with Gasteiger partial charge >= 0.3 is 7.12 Å². The summed E-state index contributed by atoms with van der Waals surface area (Å²) in [6.45, 7) is 26.7. The standard InChI is InChI=1S/C28H23N7O2.C22H17ClN6O.C12H18BNO3/c1-17(32-26-22(30-2)16-31-28(29)34-26)23-15-18-9-7-12-20(21-13-8-14-24(33-21)37-3)25(18)27(36)35(23)19-10-5-4-6-11-19;1-13(27-20-17(25-2)12-26-22(24)28-20)18-11-14-7-6-10-16(23)19(14)21(30)29(18)15-8-4-3-5-9-15;1-11(2)12(3,4)17-13(16-11)9-7-6-8-10(14-9)15-5/h4-17H,1,3H3,(H3,29,31,32,34);3-13H,1H3,(H3,24,26,27,28);6-8H,1-5H3/t17-;13-;/m00./s1. The van der Waals surface area contributed by atoms with Gasteiger partial charge in [0.25, 0.3) is 11.1 Å². The van der Waals surface area contributed by atoms with Crippen LogP contribution in [0.2, 0.25) is 5.02 Å². The molecule has 7 heterocycles. The molecule has 0 saturated carbocycles. The van der Waals surface area contributed by atoms with Crippen molar-refractivity contribution < 1.29 is 18.8 Å². The SMILES string of the molecule is COc1cccc(B2OC(C)(C)C(C)(C)O2)n1.[C-]#[N+]c1cnc(N)nc1N[C@@H](C)c1cc2cccc(-c3cccc(OC)n3)c2c(=O)n1-c1ccccc1.[C-]#[N+]c1cnc(N)nc1N[C@@H](C)c1cc2cccc(Cl)c2c(=O)n1-c1ccccc1. The number of fused-ring (bicyclic) bond motifs is 2. The van der Waals surface area contributed by atoms with Crippen molar-refractivity contribution in [1.82, 2.24) is 39.0 Å². The lowest BCUT2D eigenvalue weighted by Crippen LogP contribution is -2.41. The van der Waals surface area contributed by atoms with Crippen molar-refractivity contribution in [2.24, 2.45) is 0 Å². The van der Waals surface area contributed by atoms with Crippen LogP contribution < -0.4 is 48.3 Å². The number of hydrogen-bond acceptors (Lipinski definition) is 16. The van der Waals surface area contributed by atoms with Crippen LogP contribution in [0.25, 0.3) is 53.9 Å². The highest BCUT2D eigenvalue weighted by Gasteiger charge is 2.52. The second-order valence-corrected chi connectivity index (χ2v) is 20.6. The predicted molar refractivity (Wildman–Crippen MR) is 330 cm³/mol. The summed E-state index contributed by atoms with van der Waals surface area (Å²) in [5.41, 5.74) is 15.7. The first-order chi connectivity index (χ1) is 40.3. The van der Waals surface area contributed by atoms with E-state index in [0.717, 1.165) is 16.4 Å². The summed E-state index contributed by atoms with van der Waals surface area (Å²) in [5, 5.41) is 9.32. The molecule has 1 fully saturated rings. The first kappa shape index (κ1) is 58.5. The Bertz CT molecular complexity index is 4250. The number of halogens is 1. The minimum Gasteiger partial charge on any atom is -0.481 e. The molecule has 11 rings (SSSR count). The Hall–Kier alpha value is -10.2. The van der Waals surface area contributed by atoms with Gasteiger partial charge in [0.05, 0.1) is 77.7 Å². The number of nitrogens with one attached hydrogen (secondary N) is 2. The van der Waals surface area contributed by atoms with Gasteiger partial charge in [-0.25, -0.2) is 39.6 Å². The fraction of sp³-hybridized carbons (Fsp3) is 0.194. The number of rotatable bonds is 12. The molecule has 0 bridgehead atoms. The molecule has 4 aromatic carbocycles. The monoisotopic (exact) mass is 1140 g/mol. The fourth-order valence-corrected chi connectivity index (χ4v) is 9.55. The summed E-state index contributed by atoms with van der Waals surface area (Å²) < 4.78 is 25.5. The van der Waals surface area contributed by atoms with Gasteiger partial charge in [0.15, 0.2) is 0 Å². The van der Waals surface area contributed by atoms with Gasteiger partial charge in [-0.2, -0.15) is 0 Å². The van der Waals surface area contributed by atoms with Gasteiger partial charge < -0.3 is 40.9 Å². The molecule has 422 valence electrons. The Morgan fingerprint density at radius 1 is 0.595 bits per heavy atom. The van der Waals surface area contributed by atoms with Crippen LogP contribution in [0.4, 0.5) is 34.9 Å². The van der Waals surface area contributed by atoms with Gasteiger partial charge in [0, 0.05) is 52.9 Å². The quantitative estimate of drug-likeness (QED) is 0.0656. The van der Waals surface area contributed by atoms with Crippen molar-refractivity contribution in [3.63, 3.8) is 0 Å². The Morgan fingerprint density at radius 2 is 1.05 bits per heavy atom. The van der Waals surface area contributed by atoms with Crippen LogP contribution in [0.1, 0.15) is 65.0 Å².